The van der Waals surface area contributed by atoms with Gasteiger partial charge in [-0.05, 0) is 0 Å². The summed E-state index contributed by atoms with van der Waals surface area (Å²) in [6.45, 7) is -0.438. The Morgan fingerprint density at radius 1 is 1.43 bits per heavy atom. The van der Waals surface area contributed by atoms with Crippen molar-refractivity contribution in [1.29, 1.82) is 0 Å². The van der Waals surface area contributed by atoms with Gasteiger partial charge in [0.2, 0.25) is 14.4 Å². The van der Waals surface area contributed by atoms with Crippen molar-refractivity contribution in [3.8, 4) is 0 Å². The lowest BCUT2D eigenvalue weighted by Crippen LogP contribution is -2.33. The molecule has 0 aliphatic carbocycles. The van der Waals surface area contributed by atoms with Crippen LogP contribution < -0.4 is 11.2 Å². The summed E-state index contributed by atoms with van der Waals surface area (Å²) in [5.41, 5.74) is 9.26. The Hall–Kier alpha value is -1.24. The fraction of sp³-hybridized carbons (Fsp3) is 0.625. The third-order valence-corrected chi connectivity index (χ3v) is 2.51. The number of carbonyl (C=O) groups excluding carboxylic acids is 1. The molecule has 12 nitrogen and oxygen atoms in total. The van der Waals surface area contributed by atoms with Crippen LogP contribution in [0.15, 0.2) is 6.33 Å². The molecule has 1 aromatic rings. The highest BCUT2D eigenvalue weighted by atomic mass is 31.2. The second kappa shape index (κ2) is 7.68. The topological polar surface area (TPSA) is 210 Å². The van der Waals surface area contributed by atoms with Gasteiger partial charge in [0.15, 0.2) is 6.23 Å². The molecule has 120 valence electrons. The van der Waals surface area contributed by atoms with Crippen molar-refractivity contribution in [2.24, 2.45) is 11.2 Å². The Morgan fingerprint density at radius 3 is 2.38 bits per heavy atom. The largest absolute Gasteiger partial charge is 0.394 e. The van der Waals surface area contributed by atoms with Gasteiger partial charge in [0.05, 0.1) is 6.61 Å². The first-order valence-electron chi connectivity index (χ1n) is 5.54. The van der Waals surface area contributed by atoms with Gasteiger partial charge in [0, 0.05) is 0 Å². The molecule has 1 fully saturated rings. The zero-order valence-corrected chi connectivity index (χ0v) is 11.5. The van der Waals surface area contributed by atoms with Crippen molar-refractivity contribution in [3.05, 3.63) is 12.2 Å². The summed E-state index contributed by atoms with van der Waals surface area (Å²) in [7, 11) is -2.12. The van der Waals surface area contributed by atoms with Gasteiger partial charge in [-0.2, -0.15) is 0 Å². The molecule has 1 amide bonds. The Labute approximate surface area is 119 Å². The number of primary amides is 1. The van der Waals surface area contributed by atoms with E-state index in [9.17, 15) is 15.0 Å². The first kappa shape index (κ1) is 17.8. The zero-order chi connectivity index (χ0) is 16.2. The van der Waals surface area contributed by atoms with Crippen molar-refractivity contribution in [2.75, 3.05) is 6.61 Å². The number of aliphatic hydroxyl groups excluding tert-OH is 3. The normalized spacial score (nSPS) is 28.3. The molecule has 1 aromatic heterocycles. The molecular weight excluding hydrogens is 309 g/mol. The highest BCUT2D eigenvalue weighted by Crippen LogP contribution is 2.28. The monoisotopic (exact) mass is 325 g/mol. The standard InChI is InChI=1S/C8H12N4O5.H4NO2P/c9-6(16)7-10-2-12(11-7)8-5(15)4(14)3(1-13)17-8;1-4(2)3/h2-5,8,13-15H,1H2,(H2,9,16);2-3H,1H2/t3-,4-,5-,8-;/m1./s1. The quantitative estimate of drug-likeness (QED) is 0.269. The Kier molecular flexibility index (Phi) is 6.51. The SMILES string of the molecule is NC(=O)c1ncn([C@@H]2O[C@H](CO)[C@@H](O)[C@H]2O)n1.NP(O)O. The second-order valence-corrected chi connectivity index (χ2v) is 4.60. The minimum absolute atomic E-state index is 0.220. The van der Waals surface area contributed by atoms with Crippen molar-refractivity contribution >= 4 is 14.4 Å². The first-order chi connectivity index (χ1) is 9.77. The lowest BCUT2D eigenvalue weighted by atomic mass is 10.1. The molecule has 0 aromatic carbocycles. The van der Waals surface area contributed by atoms with Crippen LogP contribution in [-0.4, -0.2) is 70.7 Å². The number of aliphatic hydroxyl groups is 3. The Bertz CT molecular complexity index is 469. The fourth-order valence-corrected chi connectivity index (χ4v) is 1.61. The molecule has 2 rings (SSSR count). The molecule has 21 heavy (non-hydrogen) atoms. The number of nitrogens with zero attached hydrogens (tertiary/aromatic N) is 3. The molecule has 0 radical (unpaired) electrons. The molecule has 4 atom stereocenters. The van der Waals surface area contributed by atoms with E-state index >= 15 is 0 Å². The van der Waals surface area contributed by atoms with Gasteiger partial charge in [-0.1, -0.05) is 0 Å². The van der Waals surface area contributed by atoms with E-state index in [4.69, 9.17) is 25.4 Å². The Balaban J connectivity index is 0.000000491. The number of hydrogen-bond acceptors (Lipinski definition) is 10. The summed E-state index contributed by atoms with van der Waals surface area (Å²) in [5.74, 6) is -1.03. The van der Waals surface area contributed by atoms with Crippen LogP contribution in [0, 0.1) is 0 Å². The van der Waals surface area contributed by atoms with Crippen LogP contribution >= 0.6 is 8.53 Å². The van der Waals surface area contributed by atoms with Gasteiger partial charge < -0.3 is 35.6 Å². The molecule has 9 N–H and O–H groups in total. The number of hydrogen-bond donors (Lipinski definition) is 7. The molecule has 0 bridgehead atoms. The van der Waals surface area contributed by atoms with Crippen molar-refractivity contribution < 1.29 is 34.6 Å². The highest BCUT2D eigenvalue weighted by molar-refractivity contribution is 7.42. The van der Waals surface area contributed by atoms with Gasteiger partial charge in [-0.3, -0.25) is 10.3 Å². The third kappa shape index (κ3) is 4.62. The third-order valence-electron chi connectivity index (χ3n) is 2.51. The van der Waals surface area contributed by atoms with E-state index in [0.717, 1.165) is 11.0 Å². The van der Waals surface area contributed by atoms with E-state index in [0.29, 0.717) is 0 Å². The first-order valence-corrected chi connectivity index (χ1v) is 6.85. The summed E-state index contributed by atoms with van der Waals surface area (Å²) >= 11 is 0. The molecule has 13 heteroatoms. The molecule has 1 aliphatic rings. The summed E-state index contributed by atoms with van der Waals surface area (Å²) in [4.78, 5) is 29.3. The van der Waals surface area contributed by atoms with Crippen LogP contribution in [0.1, 0.15) is 16.8 Å². The summed E-state index contributed by atoms with van der Waals surface area (Å²) in [5, 5.41) is 31.8. The van der Waals surface area contributed by atoms with E-state index in [2.05, 4.69) is 15.6 Å². The molecule has 1 saturated heterocycles. The molecular formula is C8H16N5O7P. The minimum atomic E-state index is -2.12. The van der Waals surface area contributed by atoms with Crippen molar-refractivity contribution in [1.82, 2.24) is 14.8 Å². The number of carbonyl (C=O) groups is 1. The van der Waals surface area contributed by atoms with Gasteiger partial charge in [0.1, 0.15) is 24.6 Å². The maximum atomic E-state index is 10.8. The molecule has 0 unspecified atom stereocenters. The maximum absolute atomic E-state index is 10.8. The molecule has 0 spiro atoms. The van der Waals surface area contributed by atoms with E-state index in [1.165, 1.54) is 0 Å². The highest BCUT2D eigenvalue weighted by Gasteiger charge is 2.43. The minimum Gasteiger partial charge on any atom is -0.394 e. The van der Waals surface area contributed by atoms with Gasteiger partial charge in [-0.25, -0.2) is 9.67 Å². The van der Waals surface area contributed by atoms with Gasteiger partial charge >= 0.3 is 0 Å². The lowest BCUT2D eigenvalue weighted by molar-refractivity contribution is -0.0588. The van der Waals surface area contributed by atoms with Crippen LogP contribution in [0.25, 0.3) is 0 Å². The van der Waals surface area contributed by atoms with Crippen LogP contribution in [0.2, 0.25) is 0 Å². The smallest absolute Gasteiger partial charge is 0.288 e. The number of ether oxygens (including phenoxy) is 1. The maximum Gasteiger partial charge on any atom is 0.288 e. The van der Waals surface area contributed by atoms with Crippen LogP contribution in [-0.2, 0) is 4.74 Å². The zero-order valence-electron chi connectivity index (χ0n) is 10.6. The van der Waals surface area contributed by atoms with E-state index in [1.807, 2.05) is 0 Å². The number of amides is 1. The summed E-state index contributed by atoms with van der Waals surface area (Å²) in [6.07, 6.45) is -3.26. The second-order valence-electron chi connectivity index (χ2n) is 3.96. The predicted molar refractivity (Wildman–Crippen MR) is 67.1 cm³/mol. The number of aromatic nitrogens is 3. The summed E-state index contributed by atoms with van der Waals surface area (Å²) < 4.78 is 6.25. The van der Waals surface area contributed by atoms with Crippen LogP contribution in [0.4, 0.5) is 0 Å². The number of rotatable bonds is 3. The predicted octanol–water partition coefficient (Wildman–Crippen LogP) is -3.85. The number of nitrogens with two attached hydrogens (primary N) is 2. The Morgan fingerprint density at radius 2 is 2.00 bits per heavy atom. The van der Waals surface area contributed by atoms with Crippen molar-refractivity contribution in [3.63, 3.8) is 0 Å². The van der Waals surface area contributed by atoms with Gasteiger partial charge in [-0.15, -0.1) is 5.10 Å². The fourth-order valence-electron chi connectivity index (χ4n) is 1.61. The van der Waals surface area contributed by atoms with E-state index < -0.39 is 45.6 Å². The summed E-state index contributed by atoms with van der Waals surface area (Å²) in [6, 6.07) is 0. The van der Waals surface area contributed by atoms with Crippen molar-refractivity contribution in [2.45, 2.75) is 24.5 Å². The van der Waals surface area contributed by atoms with E-state index in [-0.39, 0.29) is 5.82 Å². The molecule has 1 aliphatic heterocycles. The van der Waals surface area contributed by atoms with Crippen LogP contribution in [0.5, 0.6) is 0 Å². The molecule has 2 heterocycles. The van der Waals surface area contributed by atoms with Crippen LogP contribution in [0.3, 0.4) is 0 Å². The average Bonchev–Trinajstić information content (AvgIpc) is 2.96. The van der Waals surface area contributed by atoms with E-state index in [1.54, 1.807) is 0 Å². The van der Waals surface area contributed by atoms with Gasteiger partial charge in [0.25, 0.3) is 5.91 Å². The average molecular weight is 325 g/mol. The lowest BCUT2D eigenvalue weighted by Gasteiger charge is -2.13. The molecule has 0 saturated carbocycles.